The largest absolute Gasteiger partial charge is 0.446 e. The molecule has 114 valence electrons. The van der Waals surface area contributed by atoms with Crippen molar-refractivity contribution in [2.45, 2.75) is 6.92 Å². The van der Waals surface area contributed by atoms with E-state index in [9.17, 15) is 9.59 Å². The van der Waals surface area contributed by atoms with Crippen LogP contribution in [0.4, 0.5) is 0 Å². The monoisotopic (exact) mass is 290 g/mol. The highest BCUT2D eigenvalue weighted by Crippen LogP contribution is 2.22. The van der Waals surface area contributed by atoms with E-state index in [-0.39, 0.29) is 29.3 Å². The first-order chi connectivity index (χ1) is 9.90. The zero-order valence-electron chi connectivity index (χ0n) is 12.8. The summed E-state index contributed by atoms with van der Waals surface area (Å²) in [7, 11) is 3.31. The van der Waals surface area contributed by atoms with Crippen LogP contribution in [-0.2, 0) is 14.3 Å². The van der Waals surface area contributed by atoms with Gasteiger partial charge in [-0.2, -0.15) is 0 Å². The first-order valence-corrected chi connectivity index (χ1v) is 6.74. The molecule has 0 N–H and O–H groups in total. The highest BCUT2D eigenvalue weighted by Gasteiger charge is 2.26. The molecule has 0 unspecified atom stereocenters. The summed E-state index contributed by atoms with van der Waals surface area (Å²) in [5.41, 5.74) is 0. The second-order valence-electron chi connectivity index (χ2n) is 4.97. The molecular formula is C16H22N2O3. The molecule has 5 nitrogen and oxygen atoms in total. The van der Waals surface area contributed by atoms with Crippen molar-refractivity contribution in [1.82, 2.24) is 9.80 Å². The van der Waals surface area contributed by atoms with E-state index in [1.165, 1.54) is 9.80 Å². The van der Waals surface area contributed by atoms with E-state index in [1.807, 2.05) is 6.92 Å². The van der Waals surface area contributed by atoms with Crippen LogP contribution in [0.2, 0.25) is 0 Å². The fraction of sp³-hybridized carbons (Fsp3) is 0.375. The molecule has 0 aromatic heterocycles. The number of likely N-dealkylation sites (N-methyl/N-ethyl adjacent to an activating group) is 2. The van der Waals surface area contributed by atoms with Crippen molar-refractivity contribution < 1.29 is 14.3 Å². The van der Waals surface area contributed by atoms with Gasteiger partial charge in [0.15, 0.2) is 11.5 Å². The SMILES string of the molecule is C=CCN(C)C(=O)C1=CC(C)C=C(C(=O)N(C)CC=C)O1. The van der Waals surface area contributed by atoms with Crippen molar-refractivity contribution in [1.29, 1.82) is 0 Å². The number of ether oxygens (including phenoxy) is 1. The molecule has 21 heavy (non-hydrogen) atoms. The number of amides is 2. The smallest absolute Gasteiger partial charge is 0.289 e. The summed E-state index contributed by atoms with van der Waals surface area (Å²) in [5, 5.41) is 0. The van der Waals surface area contributed by atoms with Crippen LogP contribution in [0.3, 0.4) is 0 Å². The molecule has 5 heteroatoms. The lowest BCUT2D eigenvalue weighted by Crippen LogP contribution is -2.34. The third kappa shape index (κ3) is 4.34. The third-order valence-electron chi connectivity index (χ3n) is 2.97. The molecule has 1 aliphatic rings. The fourth-order valence-corrected chi connectivity index (χ4v) is 1.87. The summed E-state index contributed by atoms with van der Waals surface area (Å²) >= 11 is 0. The normalized spacial score (nSPS) is 14.4. The Bertz CT molecular complexity index is 462. The predicted octanol–water partition coefficient (Wildman–Crippen LogP) is 1.71. The quantitative estimate of drug-likeness (QED) is 0.700. The number of allylic oxidation sites excluding steroid dienone is 2. The molecule has 0 saturated carbocycles. The van der Waals surface area contributed by atoms with Crippen LogP contribution in [0, 0.1) is 5.92 Å². The lowest BCUT2D eigenvalue weighted by Gasteiger charge is -2.24. The Morgan fingerprint density at radius 3 is 1.81 bits per heavy atom. The molecule has 0 aromatic carbocycles. The van der Waals surface area contributed by atoms with Gasteiger partial charge in [-0.25, -0.2) is 0 Å². The van der Waals surface area contributed by atoms with Gasteiger partial charge in [0, 0.05) is 33.1 Å². The Balaban J connectivity index is 2.85. The molecule has 2 amide bonds. The van der Waals surface area contributed by atoms with Gasteiger partial charge in [0.05, 0.1) is 0 Å². The number of carbonyl (C=O) groups is 2. The van der Waals surface area contributed by atoms with Crippen LogP contribution in [0.5, 0.6) is 0 Å². The van der Waals surface area contributed by atoms with E-state index in [2.05, 4.69) is 13.2 Å². The molecule has 0 aromatic rings. The topological polar surface area (TPSA) is 49.9 Å². The first kappa shape index (κ1) is 16.8. The van der Waals surface area contributed by atoms with Crippen LogP contribution in [0.25, 0.3) is 0 Å². The van der Waals surface area contributed by atoms with Gasteiger partial charge in [-0.15, -0.1) is 13.2 Å². The number of carbonyl (C=O) groups excluding carboxylic acids is 2. The van der Waals surface area contributed by atoms with Gasteiger partial charge in [0.1, 0.15) is 0 Å². The van der Waals surface area contributed by atoms with Crippen molar-refractivity contribution >= 4 is 11.8 Å². The van der Waals surface area contributed by atoms with Gasteiger partial charge in [0.2, 0.25) is 0 Å². The van der Waals surface area contributed by atoms with Crippen LogP contribution in [0.15, 0.2) is 49.0 Å². The Hall–Kier alpha value is -2.30. The van der Waals surface area contributed by atoms with Crippen molar-refractivity contribution in [3.63, 3.8) is 0 Å². The summed E-state index contributed by atoms with van der Waals surface area (Å²) in [5.74, 6) is -0.252. The summed E-state index contributed by atoms with van der Waals surface area (Å²) in [6.07, 6.45) is 6.66. The van der Waals surface area contributed by atoms with Gasteiger partial charge in [-0.1, -0.05) is 19.1 Å². The summed E-state index contributed by atoms with van der Waals surface area (Å²) < 4.78 is 5.49. The van der Waals surface area contributed by atoms with Gasteiger partial charge in [-0.05, 0) is 12.2 Å². The van der Waals surface area contributed by atoms with Gasteiger partial charge in [-0.3, -0.25) is 9.59 Å². The molecule has 0 spiro atoms. The van der Waals surface area contributed by atoms with Crippen LogP contribution < -0.4 is 0 Å². The summed E-state index contributed by atoms with van der Waals surface area (Å²) in [6, 6.07) is 0. The van der Waals surface area contributed by atoms with E-state index in [0.717, 1.165) is 0 Å². The lowest BCUT2D eigenvalue weighted by molar-refractivity contribution is -0.131. The maximum Gasteiger partial charge on any atom is 0.289 e. The third-order valence-corrected chi connectivity index (χ3v) is 2.97. The maximum atomic E-state index is 12.2. The number of rotatable bonds is 6. The molecule has 0 saturated heterocycles. The molecule has 0 bridgehead atoms. The first-order valence-electron chi connectivity index (χ1n) is 6.74. The fourth-order valence-electron chi connectivity index (χ4n) is 1.87. The van der Waals surface area contributed by atoms with Gasteiger partial charge < -0.3 is 14.5 Å². The molecule has 1 rings (SSSR count). The van der Waals surface area contributed by atoms with E-state index < -0.39 is 0 Å². The average Bonchev–Trinajstić information content (AvgIpc) is 2.45. The lowest BCUT2D eigenvalue weighted by atomic mass is 10.1. The highest BCUT2D eigenvalue weighted by molar-refractivity contribution is 5.96. The molecule has 1 heterocycles. The molecule has 0 fully saturated rings. The Labute approximate surface area is 125 Å². The minimum absolute atomic E-state index is 0.0501. The van der Waals surface area contributed by atoms with E-state index in [4.69, 9.17) is 4.74 Å². The standard InChI is InChI=1S/C16H22N2O3/c1-6-8-17(4)15(19)13-10-12(3)11-14(21-13)16(20)18(5)9-7-2/h6-7,10-12H,1-2,8-9H2,3-5H3. The molecule has 0 aliphatic carbocycles. The minimum atomic E-state index is -0.272. The Kier molecular flexibility index (Phi) is 5.96. The van der Waals surface area contributed by atoms with Crippen LogP contribution in [0.1, 0.15) is 6.92 Å². The van der Waals surface area contributed by atoms with Gasteiger partial charge in [0.25, 0.3) is 11.8 Å². The maximum absolute atomic E-state index is 12.2. The highest BCUT2D eigenvalue weighted by atomic mass is 16.5. The zero-order valence-corrected chi connectivity index (χ0v) is 12.8. The van der Waals surface area contributed by atoms with Crippen LogP contribution >= 0.6 is 0 Å². The Morgan fingerprint density at radius 1 is 1.10 bits per heavy atom. The minimum Gasteiger partial charge on any atom is -0.446 e. The van der Waals surface area contributed by atoms with Gasteiger partial charge >= 0.3 is 0 Å². The van der Waals surface area contributed by atoms with E-state index in [0.29, 0.717) is 13.1 Å². The average molecular weight is 290 g/mol. The molecule has 0 atom stereocenters. The van der Waals surface area contributed by atoms with Crippen molar-refractivity contribution in [2.75, 3.05) is 27.2 Å². The predicted molar refractivity (Wildman–Crippen MR) is 82.1 cm³/mol. The number of hydrogen-bond acceptors (Lipinski definition) is 3. The molecule has 1 aliphatic heterocycles. The van der Waals surface area contributed by atoms with E-state index >= 15 is 0 Å². The second-order valence-corrected chi connectivity index (χ2v) is 4.97. The summed E-state index contributed by atoms with van der Waals surface area (Å²) in [6.45, 7) is 9.91. The Morgan fingerprint density at radius 2 is 1.48 bits per heavy atom. The number of nitrogens with zero attached hydrogens (tertiary/aromatic N) is 2. The van der Waals surface area contributed by atoms with Crippen molar-refractivity contribution in [3.05, 3.63) is 49.0 Å². The molecular weight excluding hydrogens is 268 g/mol. The second kappa shape index (κ2) is 7.47. The van der Waals surface area contributed by atoms with Crippen LogP contribution in [-0.4, -0.2) is 48.8 Å². The summed E-state index contributed by atoms with van der Waals surface area (Å²) in [4.78, 5) is 27.4. The zero-order chi connectivity index (χ0) is 16.0. The van der Waals surface area contributed by atoms with Crippen molar-refractivity contribution in [3.8, 4) is 0 Å². The van der Waals surface area contributed by atoms with Crippen molar-refractivity contribution in [2.24, 2.45) is 5.92 Å². The van der Waals surface area contributed by atoms with E-state index in [1.54, 1.807) is 38.4 Å². The molecule has 0 radical (unpaired) electrons. The number of hydrogen-bond donors (Lipinski definition) is 0.